The van der Waals surface area contributed by atoms with Crippen LogP contribution in [-0.2, 0) is 11.2 Å². The zero-order valence-corrected chi connectivity index (χ0v) is 16.1. The normalized spacial score (nSPS) is 10.4. The van der Waals surface area contributed by atoms with Gasteiger partial charge in [-0.25, -0.2) is 0 Å². The van der Waals surface area contributed by atoms with Crippen LogP contribution in [0.25, 0.3) is 0 Å². The lowest BCUT2D eigenvalue weighted by molar-refractivity contribution is -0.120. The predicted molar refractivity (Wildman–Crippen MR) is 111 cm³/mol. The van der Waals surface area contributed by atoms with E-state index in [2.05, 4.69) is 34.9 Å². The molecule has 5 heteroatoms. The van der Waals surface area contributed by atoms with E-state index < -0.39 is 0 Å². The van der Waals surface area contributed by atoms with Gasteiger partial charge in [0, 0.05) is 12.1 Å². The van der Waals surface area contributed by atoms with Crippen LogP contribution in [0.2, 0.25) is 0 Å². The number of carbonyl (C=O) groups is 1. The molecule has 2 N–H and O–H groups in total. The van der Waals surface area contributed by atoms with Crippen molar-refractivity contribution in [2.24, 2.45) is 5.92 Å². The van der Waals surface area contributed by atoms with Crippen molar-refractivity contribution in [2.75, 3.05) is 11.9 Å². The summed E-state index contributed by atoms with van der Waals surface area (Å²) in [5.74, 6) is 1.05. The summed E-state index contributed by atoms with van der Waals surface area (Å²) < 4.78 is 5.77. The van der Waals surface area contributed by atoms with Crippen LogP contribution in [0.15, 0.2) is 54.6 Å². The van der Waals surface area contributed by atoms with Gasteiger partial charge in [-0.1, -0.05) is 44.2 Å². The fourth-order valence-corrected chi connectivity index (χ4v) is 2.69. The van der Waals surface area contributed by atoms with Crippen LogP contribution in [0.1, 0.15) is 32.3 Å². The Bertz CT molecular complexity index is 700. The molecule has 0 aromatic heterocycles. The van der Waals surface area contributed by atoms with E-state index in [9.17, 15) is 4.79 Å². The van der Waals surface area contributed by atoms with Gasteiger partial charge in [0.05, 0.1) is 6.61 Å². The lowest BCUT2D eigenvalue weighted by Gasteiger charge is -2.11. The van der Waals surface area contributed by atoms with Crippen molar-refractivity contribution in [1.29, 1.82) is 0 Å². The number of hydrogen-bond donors (Lipinski definition) is 2. The fraction of sp³-hybridized carbons (Fsp3) is 0.333. The molecular formula is C21H26N2O2S. The van der Waals surface area contributed by atoms with Gasteiger partial charge in [-0.05, 0) is 60.8 Å². The predicted octanol–water partition coefficient (Wildman–Crippen LogP) is 4.56. The van der Waals surface area contributed by atoms with Crippen LogP contribution < -0.4 is 15.4 Å². The summed E-state index contributed by atoms with van der Waals surface area (Å²) in [7, 11) is 0. The Labute approximate surface area is 161 Å². The van der Waals surface area contributed by atoms with Crippen LogP contribution in [0.4, 0.5) is 5.69 Å². The molecule has 26 heavy (non-hydrogen) atoms. The number of benzene rings is 2. The minimum Gasteiger partial charge on any atom is -0.494 e. The van der Waals surface area contributed by atoms with Crippen LogP contribution in [0.5, 0.6) is 5.75 Å². The van der Waals surface area contributed by atoms with Crippen molar-refractivity contribution in [2.45, 2.75) is 33.1 Å². The molecular weight excluding hydrogens is 344 g/mol. The molecule has 0 aliphatic rings. The van der Waals surface area contributed by atoms with Gasteiger partial charge in [-0.2, -0.15) is 0 Å². The van der Waals surface area contributed by atoms with Gasteiger partial charge in [-0.15, -0.1) is 0 Å². The Morgan fingerprint density at radius 1 is 1.08 bits per heavy atom. The molecule has 0 unspecified atom stereocenters. The van der Waals surface area contributed by atoms with E-state index in [4.69, 9.17) is 17.0 Å². The number of amides is 1. The van der Waals surface area contributed by atoms with Crippen LogP contribution >= 0.6 is 12.2 Å². The zero-order chi connectivity index (χ0) is 18.8. The maximum Gasteiger partial charge on any atom is 0.226 e. The number of anilines is 1. The molecule has 0 saturated carbocycles. The third-order valence-corrected chi connectivity index (χ3v) is 3.88. The Hall–Kier alpha value is -2.40. The summed E-state index contributed by atoms with van der Waals surface area (Å²) in [4.78, 5) is 11.7. The van der Waals surface area contributed by atoms with Crippen molar-refractivity contribution < 1.29 is 9.53 Å². The van der Waals surface area contributed by atoms with E-state index in [1.807, 2.05) is 44.2 Å². The van der Waals surface area contributed by atoms with E-state index in [1.165, 1.54) is 5.56 Å². The van der Waals surface area contributed by atoms with Crippen molar-refractivity contribution >= 4 is 28.9 Å². The largest absolute Gasteiger partial charge is 0.494 e. The average Bonchev–Trinajstić information content (AvgIpc) is 2.60. The van der Waals surface area contributed by atoms with E-state index in [1.54, 1.807) is 0 Å². The summed E-state index contributed by atoms with van der Waals surface area (Å²) in [6.45, 7) is 4.66. The molecule has 2 aromatic rings. The maximum absolute atomic E-state index is 11.7. The molecule has 1 amide bonds. The summed E-state index contributed by atoms with van der Waals surface area (Å²) in [6, 6.07) is 17.9. The number of thiocarbonyl (C=S) groups is 1. The number of ether oxygens (including phenoxy) is 1. The molecule has 4 nitrogen and oxygen atoms in total. The van der Waals surface area contributed by atoms with Gasteiger partial charge in [0.2, 0.25) is 5.91 Å². The second-order valence-electron chi connectivity index (χ2n) is 6.56. The Morgan fingerprint density at radius 2 is 1.77 bits per heavy atom. The molecule has 0 atom stereocenters. The number of rotatable bonds is 8. The van der Waals surface area contributed by atoms with Gasteiger partial charge in [0.25, 0.3) is 0 Å². The first-order valence-corrected chi connectivity index (χ1v) is 9.31. The minimum atomic E-state index is -0.0733. The second kappa shape index (κ2) is 10.6. The number of hydrogen-bond acceptors (Lipinski definition) is 3. The lowest BCUT2D eigenvalue weighted by atomic mass is 10.1. The highest BCUT2D eigenvalue weighted by molar-refractivity contribution is 7.80. The molecule has 2 rings (SSSR count). The lowest BCUT2D eigenvalue weighted by Crippen LogP contribution is -2.34. The molecule has 2 aromatic carbocycles. The van der Waals surface area contributed by atoms with Gasteiger partial charge in [-0.3, -0.25) is 4.79 Å². The van der Waals surface area contributed by atoms with Gasteiger partial charge < -0.3 is 15.4 Å². The number of aryl methyl sites for hydroxylation is 1. The zero-order valence-electron chi connectivity index (χ0n) is 15.3. The monoisotopic (exact) mass is 370 g/mol. The second-order valence-corrected chi connectivity index (χ2v) is 6.97. The SMILES string of the molecule is CC(C)CC(=O)NC(=S)Nc1ccc(OCCCc2ccccc2)cc1. The van der Waals surface area contributed by atoms with Gasteiger partial charge in [0.1, 0.15) is 5.75 Å². The molecule has 0 heterocycles. The van der Waals surface area contributed by atoms with E-state index in [0.29, 0.717) is 24.1 Å². The van der Waals surface area contributed by atoms with Crippen LogP contribution in [-0.4, -0.2) is 17.6 Å². The van der Waals surface area contributed by atoms with Crippen molar-refractivity contribution in [3.8, 4) is 5.75 Å². The van der Waals surface area contributed by atoms with Gasteiger partial charge in [0.15, 0.2) is 5.11 Å². The van der Waals surface area contributed by atoms with Crippen LogP contribution in [0.3, 0.4) is 0 Å². The standard InChI is InChI=1S/C21H26N2O2S/c1-16(2)15-20(24)23-21(26)22-18-10-12-19(13-11-18)25-14-6-9-17-7-4-3-5-8-17/h3-5,7-8,10-13,16H,6,9,14-15H2,1-2H3,(H2,22,23,24,26). The summed E-state index contributed by atoms with van der Waals surface area (Å²) in [5.41, 5.74) is 2.14. The molecule has 0 aliphatic carbocycles. The highest BCUT2D eigenvalue weighted by atomic mass is 32.1. The Balaban J connectivity index is 1.70. The van der Waals surface area contributed by atoms with E-state index in [-0.39, 0.29) is 5.91 Å². The molecule has 0 saturated heterocycles. The first kappa shape index (κ1) is 19.9. The van der Waals surface area contributed by atoms with Gasteiger partial charge >= 0.3 is 0 Å². The summed E-state index contributed by atoms with van der Waals surface area (Å²) >= 11 is 5.16. The minimum absolute atomic E-state index is 0.0733. The van der Waals surface area contributed by atoms with Crippen molar-refractivity contribution in [3.05, 3.63) is 60.2 Å². The first-order valence-electron chi connectivity index (χ1n) is 8.90. The Morgan fingerprint density at radius 3 is 2.42 bits per heavy atom. The van der Waals surface area contributed by atoms with E-state index in [0.717, 1.165) is 24.3 Å². The highest BCUT2D eigenvalue weighted by Crippen LogP contribution is 2.16. The van der Waals surface area contributed by atoms with Crippen LogP contribution in [0, 0.1) is 5.92 Å². The molecule has 138 valence electrons. The molecule has 0 radical (unpaired) electrons. The molecule has 0 aliphatic heterocycles. The smallest absolute Gasteiger partial charge is 0.226 e. The van der Waals surface area contributed by atoms with Crippen molar-refractivity contribution in [3.63, 3.8) is 0 Å². The molecule has 0 fully saturated rings. The molecule has 0 bridgehead atoms. The third kappa shape index (κ3) is 7.66. The third-order valence-electron chi connectivity index (χ3n) is 3.68. The van der Waals surface area contributed by atoms with E-state index >= 15 is 0 Å². The Kier molecular flexibility index (Phi) is 8.09. The number of carbonyl (C=O) groups excluding carboxylic acids is 1. The fourth-order valence-electron chi connectivity index (χ4n) is 2.46. The maximum atomic E-state index is 11.7. The number of nitrogens with one attached hydrogen (secondary N) is 2. The van der Waals surface area contributed by atoms with Crippen molar-refractivity contribution in [1.82, 2.24) is 5.32 Å². The quantitative estimate of drug-likeness (QED) is 0.528. The topological polar surface area (TPSA) is 50.4 Å². The molecule has 0 spiro atoms. The summed E-state index contributed by atoms with van der Waals surface area (Å²) in [6.07, 6.45) is 2.43. The average molecular weight is 371 g/mol. The highest BCUT2D eigenvalue weighted by Gasteiger charge is 2.07. The first-order chi connectivity index (χ1) is 12.5. The summed E-state index contributed by atoms with van der Waals surface area (Å²) in [5, 5.41) is 6.00.